The molecule has 2 unspecified atom stereocenters. The fourth-order valence-corrected chi connectivity index (χ4v) is 2.85. The molecule has 0 saturated carbocycles. The highest BCUT2D eigenvalue weighted by molar-refractivity contribution is 9.10. The number of halogens is 2. The molecule has 0 fully saturated rings. The molecule has 0 aliphatic heterocycles. The van der Waals surface area contributed by atoms with E-state index in [-0.39, 0.29) is 6.04 Å². The van der Waals surface area contributed by atoms with Crippen LogP contribution in [0.2, 0.25) is 0 Å². The summed E-state index contributed by atoms with van der Waals surface area (Å²) in [5.41, 5.74) is 2.11. The standard InChI is InChI=1S/C16H17Br2NO/c1-11(12-4-2-6-14(17)8-12)19-10-16(20)13-5-3-7-15(18)9-13/h2-9,11,16,19-20H,10H2,1H3. The molecular weight excluding hydrogens is 382 g/mol. The molecule has 106 valence electrons. The Hall–Kier alpha value is -0.680. The highest BCUT2D eigenvalue weighted by Gasteiger charge is 2.11. The molecule has 2 rings (SSSR count). The highest BCUT2D eigenvalue weighted by atomic mass is 79.9. The summed E-state index contributed by atoms with van der Waals surface area (Å²) in [4.78, 5) is 0. The number of aliphatic hydroxyl groups excluding tert-OH is 1. The van der Waals surface area contributed by atoms with Crippen molar-refractivity contribution in [1.29, 1.82) is 0 Å². The van der Waals surface area contributed by atoms with E-state index in [1.807, 2.05) is 36.4 Å². The van der Waals surface area contributed by atoms with E-state index in [0.717, 1.165) is 14.5 Å². The number of hydrogen-bond acceptors (Lipinski definition) is 2. The lowest BCUT2D eigenvalue weighted by atomic mass is 10.1. The molecule has 0 aliphatic carbocycles. The zero-order valence-electron chi connectivity index (χ0n) is 11.2. The van der Waals surface area contributed by atoms with E-state index in [1.165, 1.54) is 5.56 Å². The Labute approximate surface area is 136 Å². The topological polar surface area (TPSA) is 32.3 Å². The first kappa shape index (κ1) is 15.7. The molecule has 0 amide bonds. The lowest BCUT2D eigenvalue weighted by molar-refractivity contribution is 0.170. The van der Waals surface area contributed by atoms with Gasteiger partial charge in [0.1, 0.15) is 0 Å². The van der Waals surface area contributed by atoms with Crippen LogP contribution in [0.25, 0.3) is 0 Å². The van der Waals surface area contributed by atoms with Crippen molar-refractivity contribution in [3.63, 3.8) is 0 Å². The Morgan fingerprint density at radius 2 is 1.55 bits per heavy atom. The third-order valence-corrected chi connectivity index (χ3v) is 4.19. The number of nitrogens with one attached hydrogen (secondary N) is 1. The van der Waals surface area contributed by atoms with Crippen LogP contribution in [0.1, 0.15) is 30.2 Å². The SMILES string of the molecule is CC(NCC(O)c1cccc(Br)c1)c1cccc(Br)c1. The molecule has 2 aromatic carbocycles. The summed E-state index contributed by atoms with van der Waals surface area (Å²) in [6, 6.07) is 16.1. The maximum Gasteiger partial charge on any atom is 0.0914 e. The van der Waals surface area contributed by atoms with Crippen LogP contribution in [0.3, 0.4) is 0 Å². The number of rotatable bonds is 5. The predicted molar refractivity (Wildman–Crippen MR) is 89.7 cm³/mol. The van der Waals surface area contributed by atoms with Crippen LogP contribution in [-0.4, -0.2) is 11.7 Å². The Balaban J connectivity index is 1.94. The molecule has 20 heavy (non-hydrogen) atoms. The molecule has 0 bridgehead atoms. The van der Waals surface area contributed by atoms with Crippen LogP contribution in [-0.2, 0) is 0 Å². The first-order chi connectivity index (χ1) is 9.56. The molecule has 4 heteroatoms. The lowest BCUT2D eigenvalue weighted by Gasteiger charge is -2.18. The molecule has 0 heterocycles. The van der Waals surface area contributed by atoms with Crippen molar-refractivity contribution < 1.29 is 5.11 Å². The first-order valence-corrected chi connectivity index (χ1v) is 8.07. The van der Waals surface area contributed by atoms with Gasteiger partial charge in [0.2, 0.25) is 0 Å². The summed E-state index contributed by atoms with van der Waals surface area (Å²) in [7, 11) is 0. The van der Waals surface area contributed by atoms with Crippen molar-refractivity contribution in [1.82, 2.24) is 5.32 Å². The zero-order valence-corrected chi connectivity index (χ0v) is 14.4. The molecule has 0 spiro atoms. The van der Waals surface area contributed by atoms with Crippen molar-refractivity contribution in [3.05, 3.63) is 68.6 Å². The maximum atomic E-state index is 10.2. The Bertz CT molecular complexity index is 522. The molecule has 2 atom stereocenters. The van der Waals surface area contributed by atoms with Gasteiger partial charge in [-0.05, 0) is 42.3 Å². The minimum Gasteiger partial charge on any atom is -0.387 e. The molecule has 0 saturated heterocycles. The van der Waals surface area contributed by atoms with E-state index < -0.39 is 6.10 Å². The number of benzene rings is 2. The van der Waals surface area contributed by atoms with Crippen molar-refractivity contribution in [3.8, 4) is 0 Å². The van der Waals surface area contributed by atoms with Crippen LogP contribution in [0, 0.1) is 0 Å². The fraction of sp³-hybridized carbons (Fsp3) is 0.250. The summed E-state index contributed by atoms with van der Waals surface area (Å²) in [6.07, 6.45) is -0.512. The van der Waals surface area contributed by atoms with Gasteiger partial charge >= 0.3 is 0 Å². The van der Waals surface area contributed by atoms with Crippen molar-refractivity contribution >= 4 is 31.9 Å². The molecular formula is C16H17Br2NO. The molecule has 0 aromatic heterocycles. The summed E-state index contributed by atoms with van der Waals surface area (Å²) in [5.74, 6) is 0. The molecule has 0 aliphatic rings. The van der Waals surface area contributed by atoms with Gasteiger partial charge in [0.05, 0.1) is 6.10 Å². The Morgan fingerprint density at radius 1 is 1.00 bits per heavy atom. The third kappa shape index (κ3) is 4.42. The van der Waals surface area contributed by atoms with Gasteiger partial charge in [-0.15, -0.1) is 0 Å². The van der Waals surface area contributed by atoms with E-state index in [4.69, 9.17) is 0 Å². The van der Waals surface area contributed by atoms with Crippen LogP contribution in [0.5, 0.6) is 0 Å². The highest BCUT2D eigenvalue weighted by Crippen LogP contribution is 2.20. The summed E-state index contributed by atoms with van der Waals surface area (Å²) < 4.78 is 2.05. The van der Waals surface area contributed by atoms with E-state index in [1.54, 1.807) is 0 Å². The van der Waals surface area contributed by atoms with Gasteiger partial charge in [-0.25, -0.2) is 0 Å². The van der Waals surface area contributed by atoms with Crippen LogP contribution >= 0.6 is 31.9 Å². The molecule has 2 aromatic rings. The second-order valence-electron chi connectivity index (χ2n) is 4.76. The predicted octanol–water partition coefficient (Wildman–Crippen LogP) is 4.60. The monoisotopic (exact) mass is 397 g/mol. The quantitative estimate of drug-likeness (QED) is 0.771. The van der Waals surface area contributed by atoms with Gasteiger partial charge in [0.15, 0.2) is 0 Å². The largest absolute Gasteiger partial charge is 0.387 e. The van der Waals surface area contributed by atoms with E-state index in [2.05, 4.69) is 56.2 Å². The van der Waals surface area contributed by atoms with E-state index >= 15 is 0 Å². The summed E-state index contributed by atoms with van der Waals surface area (Å²) in [5, 5.41) is 13.6. The maximum absolute atomic E-state index is 10.2. The fourth-order valence-electron chi connectivity index (χ4n) is 2.01. The van der Waals surface area contributed by atoms with E-state index in [9.17, 15) is 5.11 Å². The average molecular weight is 399 g/mol. The third-order valence-electron chi connectivity index (χ3n) is 3.20. The molecule has 2 N–H and O–H groups in total. The van der Waals surface area contributed by atoms with Crippen LogP contribution in [0.4, 0.5) is 0 Å². The van der Waals surface area contributed by atoms with Crippen LogP contribution in [0.15, 0.2) is 57.5 Å². The summed E-state index contributed by atoms with van der Waals surface area (Å²) >= 11 is 6.89. The van der Waals surface area contributed by atoms with Gasteiger partial charge in [-0.3, -0.25) is 0 Å². The van der Waals surface area contributed by atoms with Gasteiger partial charge in [-0.2, -0.15) is 0 Å². The number of aliphatic hydroxyl groups is 1. The second-order valence-corrected chi connectivity index (χ2v) is 6.59. The zero-order chi connectivity index (χ0) is 14.5. The van der Waals surface area contributed by atoms with Crippen molar-refractivity contribution in [2.24, 2.45) is 0 Å². The second kappa shape index (κ2) is 7.36. The van der Waals surface area contributed by atoms with Gasteiger partial charge in [0.25, 0.3) is 0 Å². The van der Waals surface area contributed by atoms with E-state index in [0.29, 0.717) is 6.54 Å². The molecule has 0 radical (unpaired) electrons. The summed E-state index contributed by atoms with van der Waals surface area (Å²) in [6.45, 7) is 2.61. The Morgan fingerprint density at radius 3 is 2.15 bits per heavy atom. The van der Waals surface area contributed by atoms with Gasteiger partial charge < -0.3 is 10.4 Å². The minimum atomic E-state index is -0.512. The minimum absolute atomic E-state index is 0.189. The average Bonchev–Trinajstić information content (AvgIpc) is 2.44. The van der Waals surface area contributed by atoms with Crippen molar-refractivity contribution in [2.75, 3.05) is 6.54 Å². The van der Waals surface area contributed by atoms with Gasteiger partial charge in [0, 0.05) is 21.5 Å². The first-order valence-electron chi connectivity index (χ1n) is 6.48. The van der Waals surface area contributed by atoms with Crippen molar-refractivity contribution in [2.45, 2.75) is 19.1 Å². The smallest absolute Gasteiger partial charge is 0.0914 e. The lowest BCUT2D eigenvalue weighted by Crippen LogP contribution is -2.24. The molecule has 2 nitrogen and oxygen atoms in total. The van der Waals surface area contributed by atoms with Gasteiger partial charge in [-0.1, -0.05) is 56.1 Å². The van der Waals surface area contributed by atoms with Crippen LogP contribution < -0.4 is 5.32 Å². The normalized spacial score (nSPS) is 14.0. The Kier molecular flexibility index (Phi) is 5.78. The number of hydrogen-bond donors (Lipinski definition) is 2.